The zero-order chi connectivity index (χ0) is 9.97. The normalized spacial score (nSPS) is 15.8. The molecule has 2 rings (SSSR count). The van der Waals surface area contributed by atoms with E-state index in [1.165, 1.54) is 16.7 Å². The summed E-state index contributed by atoms with van der Waals surface area (Å²) in [4.78, 5) is 20.9. The Kier molecular flexibility index (Phi) is 2.53. The van der Waals surface area contributed by atoms with Crippen molar-refractivity contribution in [2.24, 2.45) is 0 Å². The Morgan fingerprint density at radius 3 is 3.14 bits per heavy atom. The Labute approximate surface area is 85.5 Å². The van der Waals surface area contributed by atoms with E-state index in [1.54, 1.807) is 12.3 Å². The quantitative estimate of drug-likeness (QED) is 0.542. The maximum absolute atomic E-state index is 11.2. The van der Waals surface area contributed by atoms with Gasteiger partial charge in [-0.3, -0.25) is 4.90 Å². The molecule has 0 aromatic carbocycles. The molecule has 1 aliphatic heterocycles. The number of nitrogens with zero attached hydrogens (tertiary/aromatic N) is 3. The van der Waals surface area contributed by atoms with Gasteiger partial charge in [-0.2, -0.15) is 0 Å². The van der Waals surface area contributed by atoms with E-state index in [-0.39, 0.29) is 6.09 Å². The number of amides is 1. The smallest absolute Gasteiger partial charge is 0.415 e. The van der Waals surface area contributed by atoms with Crippen LogP contribution < -0.4 is 4.90 Å². The van der Waals surface area contributed by atoms with Crippen molar-refractivity contribution in [2.45, 2.75) is 5.16 Å². The summed E-state index contributed by atoms with van der Waals surface area (Å²) in [6.45, 7) is 0.987. The van der Waals surface area contributed by atoms with Crippen LogP contribution in [0.2, 0.25) is 0 Å². The summed E-state index contributed by atoms with van der Waals surface area (Å²) in [7, 11) is 0. The molecule has 0 atom stereocenters. The molecule has 0 unspecified atom stereocenters. The van der Waals surface area contributed by atoms with E-state index in [0.717, 1.165) is 0 Å². The highest BCUT2D eigenvalue weighted by Gasteiger charge is 2.24. The number of cyclic esters (lactones) is 1. The second-order valence-corrected chi connectivity index (χ2v) is 3.44. The number of hydrogen-bond donors (Lipinski definition) is 0. The lowest BCUT2D eigenvalue weighted by Crippen LogP contribution is -2.24. The number of carbonyl (C=O) groups is 1. The second kappa shape index (κ2) is 3.83. The first kappa shape index (κ1) is 9.26. The van der Waals surface area contributed by atoms with Gasteiger partial charge < -0.3 is 4.74 Å². The number of hydrogen-bond acceptors (Lipinski definition) is 5. The van der Waals surface area contributed by atoms with Gasteiger partial charge in [-0.1, -0.05) is 11.8 Å². The molecule has 6 heteroatoms. The fraction of sp³-hybridized carbons (Fsp3) is 0.375. The lowest BCUT2D eigenvalue weighted by molar-refractivity contribution is 0.181. The number of thioether (sulfide) groups is 1. The van der Waals surface area contributed by atoms with Crippen molar-refractivity contribution in [2.75, 3.05) is 24.3 Å². The first-order valence-electron chi connectivity index (χ1n) is 4.12. The third-order valence-electron chi connectivity index (χ3n) is 1.84. The van der Waals surface area contributed by atoms with Crippen molar-refractivity contribution in [3.05, 3.63) is 12.3 Å². The Hall–Kier alpha value is -1.30. The van der Waals surface area contributed by atoms with Crippen LogP contribution in [0.1, 0.15) is 0 Å². The number of carbonyl (C=O) groups excluding carboxylic acids is 1. The van der Waals surface area contributed by atoms with Crippen LogP contribution in [0.15, 0.2) is 17.4 Å². The van der Waals surface area contributed by atoms with Crippen LogP contribution in [0.3, 0.4) is 0 Å². The molecule has 0 N–H and O–H groups in total. The molecule has 0 saturated carbocycles. The Morgan fingerprint density at radius 1 is 1.64 bits per heavy atom. The molecule has 14 heavy (non-hydrogen) atoms. The highest BCUT2D eigenvalue weighted by molar-refractivity contribution is 7.98. The van der Waals surface area contributed by atoms with Gasteiger partial charge in [-0.05, 0) is 12.3 Å². The van der Waals surface area contributed by atoms with Gasteiger partial charge in [0, 0.05) is 6.20 Å². The number of aromatic nitrogens is 2. The number of ether oxygens (including phenoxy) is 1. The Balaban J connectivity index is 2.26. The van der Waals surface area contributed by atoms with Crippen LogP contribution in [0.5, 0.6) is 0 Å². The van der Waals surface area contributed by atoms with Gasteiger partial charge in [0.05, 0.1) is 6.54 Å². The third-order valence-corrected chi connectivity index (χ3v) is 2.40. The van der Waals surface area contributed by atoms with Gasteiger partial charge in [-0.25, -0.2) is 14.8 Å². The minimum absolute atomic E-state index is 0.337. The summed E-state index contributed by atoms with van der Waals surface area (Å²) in [6.07, 6.45) is 3.19. The van der Waals surface area contributed by atoms with Crippen molar-refractivity contribution >= 4 is 23.7 Å². The average Bonchev–Trinajstić information content (AvgIpc) is 2.65. The van der Waals surface area contributed by atoms with Crippen LogP contribution in [-0.2, 0) is 4.74 Å². The molecule has 0 radical (unpaired) electrons. The highest BCUT2D eigenvalue weighted by atomic mass is 32.2. The molecule has 1 fully saturated rings. The summed E-state index contributed by atoms with van der Waals surface area (Å²) in [5.74, 6) is 0.604. The summed E-state index contributed by atoms with van der Waals surface area (Å²) in [5.41, 5.74) is 0. The van der Waals surface area contributed by atoms with Gasteiger partial charge in [0.15, 0.2) is 5.16 Å². The molecule has 1 amide bonds. The molecule has 1 aliphatic rings. The maximum atomic E-state index is 11.2. The standard InChI is InChI=1S/C8H9N3O2S/c1-14-7-9-3-2-6(10-7)11-4-5-13-8(11)12/h2-3H,4-5H2,1H3. The summed E-state index contributed by atoms with van der Waals surface area (Å²) < 4.78 is 4.81. The molecule has 0 spiro atoms. The largest absolute Gasteiger partial charge is 0.447 e. The molecule has 0 bridgehead atoms. The van der Waals surface area contributed by atoms with E-state index in [4.69, 9.17) is 4.74 Å². The molecular weight excluding hydrogens is 202 g/mol. The monoisotopic (exact) mass is 211 g/mol. The molecular formula is C8H9N3O2S. The zero-order valence-corrected chi connectivity index (χ0v) is 8.45. The van der Waals surface area contributed by atoms with Gasteiger partial charge in [0.2, 0.25) is 0 Å². The van der Waals surface area contributed by atoms with Gasteiger partial charge in [-0.15, -0.1) is 0 Å². The van der Waals surface area contributed by atoms with Crippen molar-refractivity contribution < 1.29 is 9.53 Å². The summed E-state index contributed by atoms with van der Waals surface area (Å²) in [5, 5.41) is 0.655. The molecule has 74 valence electrons. The molecule has 1 saturated heterocycles. The number of rotatable bonds is 2. The van der Waals surface area contributed by atoms with Gasteiger partial charge in [0.25, 0.3) is 0 Å². The summed E-state index contributed by atoms with van der Waals surface area (Å²) in [6, 6.07) is 1.70. The van der Waals surface area contributed by atoms with Crippen molar-refractivity contribution in [3.8, 4) is 0 Å². The molecule has 1 aromatic heterocycles. The minimum atomic E-state index is -0.337. The van der Waals surface area contributed by atoms with Crippen LogP contribution >= 0.6 is 11.8 Å². The Morgan fingerprint density at radius 2 is 2.50 bits per heavy atom. The lowest BCUT2D eigenvalue weighted by Gasteiger charge is -2.10. The van der Waals surface area contributed by atoms with Crippen LogP contribution in [0.25, 0.3) is 0 Å². The molecule has 0 aliphatic carbocycles. The lowest BCUT2D eigenvalue weighted by atomic mass is 10.5. The first-order chi connectivity index (χ1) is 6.81. The topological polar surface area (TPSA) is 55.3 Å². The van der Waals surface area contributed by atoms with E-state index in [9.17, 15) is 4.79 Å². The summed E-state index contributed by atoms with van der Waals surface area (Å²) >= 11 is 1.44. The van der Waals surface area contributed by atoms with E-state index >= 15 is 0 Å². The second-order valence-electron chi connectivity index (χ2n) is 2.67. The van der Waals surface area contributed by atoms with Crippen molar-refractivity contribution in [1.29, 1.82) is 0 Å². The molecule has 5 nitrogen and oxygen atoms in total. The van der Waals surface area contributed by atoms with Crippen LogP contribution in [0, 0.1) is 0 Å². The highest BCUT2D eigenvalue weighted by Crippen LogP contribution is 2.17. The number of anilines is 1. The minimum Gasteiger partial charge on any atom is -0.447 e. The van der Waals surface area contributed by atoms with Crippen LogP contribution in [-0.4, -0.2) is 35.5 Å². The van der Waals surface area contributed by atoms with Crippen LogP contribution in [0.4, 0.5) is 10.6 Å². The Bertz CT molecular complexity index is 358. The maximum Gasteiger partial charge on any atom is 0.415 e. The molecule has 1 aromatic rings. The fourth-order valence-electron chi connectivity index (χ4n) is 1.18. The van der Waals surface area contributed by atoms with E-state index in [0.29, 0.717) is 24.1 Å². The fourth-order valence-corrected chi connectivity index (χ4v) is 1.53. The van der Waals surface area contributed by atoms with E-state index in [2.05, 4.69) is 9.97 Å². The van der Waals surface area contributed by atoms with E-state index < -0.39 is 0 Å². The van der Waals surface area contributed by atoms with Gasteiger partial charge >= 0.3 is 6.09 Å². The first-order valence-corrected chi connectivity index (χ1v) is 5.35. The van der Waals surface area contributed by atoms with Gasteiger partial charge in [0.1, 0.15) is 12.4 Å². The molecule has 2 heterocycles. The average molecular weight is 211 g/mol. The van der Waals surface area contributed by atoms with Crippen molar-refractivity contribution in [3.63, 3.8) is 0 Å². The van der Waals surface area contributed by atoms with Crippen molar-refractivity contribution in [1.82, 2.24) is 9.97 Å². The predicted molar refractivity (Wildman–Crippen MR) is 52.5 cm³/mol. The zero-order valence-electron chi connectivity index (χ0n) is 7.64. The SMILES string of the molecule is CSc1nccc(N2CCOC2=O)n1. The van der Waals surface area contributed by atoms with E-state index in [1.807, 2.05) is 6.26 Å². The third kappa shape index (κ3) is 1.65. The predicted octanol–water partition coefficient (Wildman–Crippen LogP) is 1.16.